The fourth-order valence-corrected chi connectivity index (χ4v) is 9.54. The van der Waals surface area contributed by atoms with Gasteiger partial charge in [0.15, 0.2) is 0 Å². The van der Waals surface area contributed by atoms with Gasteiger partial charge >= 0.3 is 65.7 Å². The van der Waals surface area contributed by atoms with Crippen LogP contribution in [0.2, 0.25) is 0 Å². The van der Waals surface area contributed by atoms with Crippen LogP contribution in [0.3, 0.4) is 0 Å². The number of carbonyl (C=O) groups excluding carboxylic acids is 11. The van der Waals surface area contributed by atoms with Crippen LogP contribution in [-0.4, -0.2) is 119 Å². The van der Waals surface area contributed by atoms with E-state index in [1.807, 2.05) is 27.7 Å². The van der Waals surface area contributed by atoms with Gasteiger partial charge in [-0.15, -0.1) is 0 Å². The van der Waals surface area contributed by atoms with Crippen molar-refractivity contribution in [2.24, 2.45) is 0 Å². The second-order valence-electron chi connectivity index (χ2n) is 24.0. The molecule has 119 heavy (non-hydrogen) atoms. The molecule has 620 valence electrons. The van der Waals surface area contributed by atoms with E-state index in [4.69, 9.17) is 71.1 Å². The van der Waals surface area contributed by atoms with E-state index >= 15 is 0 Å². The van der Waals surface area contributed by atoms with Gasteiger partial charge in [-0.25, -0.2) is 52.7 Å². The van der Waals surface area contributed by atoms with E-state index in [0.717, 1.165) is 24.3 Å². The number of hydrogen-bond acceptors (Lipinski definition) is 26. The molecule has 0 heterocycles. The standard InChI is InChI=1S/C48H42O14.C41H38O12.2C2H6/c1-3-43(49)57-31-7-5-29-55-37-17-9-33(10-18-37)45(51)59-39-21-13-35(14-22-39)47(53)61-41-25-27-42(28-26-41)62-48(54)36-15-23-40(24-16-36)60-46(52)34-11-19-38(20-12-34)56-30-6-8-32-58-44(50)4-2;1-3-37(42)49-27-7-5-25-47-32-15-9-29(10-16-32)39(44)51-34-19-13-31(14-20-34)41(46)53-36-23-21-35(22-24-36)52-40(45)30-11-17-33(18-12-30)48-26-6-8-28-50-38(43)4-2;2*1-2/h3-4,9-28H,1-2,5-8,29-32H2;3-4,9-24H,1-2,5-8,25-28H2;2*1-2H3. The quantitative estimate of drug-likeness (QED) is 0.0113. The van der Waals surface area contributed by atoms with Crippen molar-refractivity contribution in [3.63, 3.8) is 0 Å². The topological polar surface area (TPSA) is 326 Å². The zero-order valence-corrected chi connectivity index (χ0v) is 66.4. The van der Waals surface area contributed by atoms with Gasteiger partial charge in [0.1, 0.15) is 63.2 Å². The van der Waals surface area contributed by atoms with E-state index < -0.39 is 65.7 Å². The van der Waals surface area contributed by atoms with Crippen molar-refractivity contribution in [1.82, 2.24) is 0 Å². The predicted octanol–water partition coefficient (Wildman–Crippen LogP) is 17.5. The first-order chi connectivity index (χ1) is 57.8. The maximum Gasteiger partial charge on any atom is 0.343 e. The molecule has 0 saturated heterocycles. The minimum atomic E-state index is -0.665. The van der Waals surface area contributed by atoms with Crippen LogP contribution in [0, 0.1) is 0 Å². The van der Waals surface area contributed by atoms with Crippen LogP contribution >= 0.6 is 0 Å². The minimum Gasteiger partial charge on any atom is -0.494 e. The highest BCUT2D eigenvalue weighted by Crippen LogP contribution is 2.27. The van der Waals surface area contributed by atoms with E-state index in [2.05, 4.69) is 26.3 Å². The number of benzene rings is 9. The summed E-state index contributed by atoms with van der Waals surface area (Å²) in [6.45, 7) is 24.1. The van der Waals surface area contributed by atoms with Gasteiger partial charge in [0.05, 0.1) is 91.8 Å². The summed E-state index contributed by atoms with van der Waals surface area (Å²) in [6, 6.07) is 55.2. The first-order valence-electron chi connectivity index (χ1n) is 38.0. The van der Waals surface area contributed by atoms with Gasteiger partial charge in [0.25, 0.3) is 0 Å². The van der Waals surface area contributed by atoms with Crippen LogP contribution in [-0.2, 0) is 38.1 Å². The summed E-state index contributed by atoms with van der Waals surface area (Å²) in [4.78, 5) is 133. The Morgan fingerprint density at radius 3 is 0.445 bits per heavy atom. The molecule has 0 aliphatic carbocycles. The predicted molar refractivity (Wildman–Crippen MR) is 439 cm³/mol. The SMILES string of the molecule is C=CC(=O)OCCCCOc1ccc(C(=O)Oc2ccc(C(=O)Oc3ccc(OC(=O)c4ccc(OC(=O)c5ccc(OCCCCOC(=O)C=C)cc5)cc4)cc3)cc2)cc1.C=CC(=O)OCCCCOc1ccc(C(=O)Oc2ccc(OC(=O)c3ccc(OC(=O)c4ccc(OCCCCOC(=O)C=C)cc4)cc3)cc2)cc1.CC.CC. The molecule has 9 aromatic rings. The third kappa shape index (κ3) is 34.5. The van der Waals surface area contributed by atoms with Crippen LogP contribution < -0.4 is 52.1 Å². The Morgan fingerprint density at radius 2 is 0.311 bits per heavy atom. The summed E-state index contributed by atoms with van der Waals surface area (Å²) in [5.74, 6) is -2.36. The van der Waals surface area contributed by atoms with Gasteiger partial charge < -0.3 is 71.1 Å². The summed E-state index contributed by atoms with van der Waals surface area (Å²) in [6.07, 6.45) is 9.71. The molecule has 0 aromatic heterocycles. The van der Waals surface area contributed by atoms with Crippen molar-refractivity contribution in [3.05, 3.63) is 308 Å². The third-order valence-electron chi connectivity index (χ3n) is 15.6. The maximum atomic E-state index is 12.8. The van der Waals surface area contributed by atoms with E-state index in [9.17, 15) is 52.7 Å². The summed E-state index contributed by atoms with van der Waals surface area (Å²) >= 11 is 0. The Balaban J connectivity index is 0.000000358. The van der Waals surface area contributed by atoms with Crippen molar-refractivity contribution >= 4 is 65.7 Å². The molecule has 0 spiro atoms. The highest BCUT2D eigenvalue weighted by Gasteiger charge is 2.19. The summed E-state index contributed by atoms with van der Waals surface area (Å²) < 4.78 is 80.3. The molecular weight excluding hydrogens is 1530 g/mol. The third-order valence-corrected chi connectivity index (χ3v) is 15.6. The zero-order chi connectivity index (χ0) is 85.9. The van der Waals surface area contributed by atoms with Crippen LogP contribution in [0.4, 0.5) is 0 Å². The molecule has 0 saturated carbocycles. The highest BCUT2D eigenvalue weighted by molar-refractivity contribution is 5.96. The van der Waals surface area contributed by atoms with Crippen molar-refractivity contribution in [1.29, 1.82) is 0 Å². The van der Waals surface area contributed by atoms with Gasteiger partial charge in [-0.05, 0) is 270 Å². The molecule has 0 bridgehead atoms. The second kappa shape index (κ2) is 52.7. The molecule has 0 N–H and O–H groups in total. The molecular formula is C93H92O26. The largest absolute Gasteiger partial charge is 0.494 e. The number of hydrogen-bond donors (Lipinski definition) is 0. The summed E-state index contributed by atoms with van der Waals surface area (Å²) in [5.41, 5.74) is 1.85. The lowest BCUT2D eigenvalue weighted by Gasteiger charge is -2.09. The molecule has 0 aliphatic heterocycles. The van der Waals surface area contributed by atoms with Gasteiger partial charge in [0, 0.05) is 24.3 Å². The molecule has 26 heteroatoms. The first-order valence-corrected chi connectivity index (χ1v) is 38.0. The van der Waals surface area contributed by atoms with E-state index in [1.165, 1.54) is 121 Å². The number of rotatable bonds is 42. The van der Waals surface area contributed by atoms with Crippen molar-refractivity contribution in [3.8, 4) is 63.2 Å². The van der Waals surface area contributed by atoms with Crippen LogP contribution in [0.25, 0.3) is 0 Å². The van der Waals surface area contributed by atoms with Crippen LogP contribution in [0.15, 0.2) is 269 Å². The molecule has 9 rings (SSSR count). The van der Waals surface area contributed by atoms with E-state index in [1.54, 1.807) is 97.1 Å². The molecule has 0 atom stereocenters. The molecule has 0 aliphatic rings. The Hall–Kier alpha value is -14.7. The Labute approximate surface area is 689 Å². The number of unbranched alkanes of at least 4 members (excludes halogenated alkanes) is 4. The van der Waals surface area contributed by atoms with Crippen molar-refractivity contribution < 1.29 is 124 Å². The summed E-state index contributed by atoms with van der Waals surface area (Å²) in [7, 11) is 0. The molecule has 0 amide bonds. The van der Waals surface area contributed by atoms with Gasteiger partial charge in [0.2, 0.25) is 0 Å². The molecule has 26 nitrogen and oxygen atoms in total. The Kier molecular flexibility index (Phi) is 41.2. The normalized spacial score (nSPS) is 10.1. The Bertz CT molecular complexity index is 4600. The first kappa shape index (κ1) is 93.2. The van der Waals surface area contributed by atoms with Crippen molar-refractivity contribution in [2.45, 2.75) is 79.1 Å². The maximum absolute atomic E-state index is 12.8. The van der Waals surface area contributed by atoms with Crippen molar-refractivity contribution in [2.75, 3.05) is 52.9 Å². The summed E-state index contributed by atoms with van der Waals surface area (Å²) in [5, 5.41) is 0. The van der Waals surface area contributed by atoms with Gasteiger partial charge in [-0.1, -0.05) is 54.0 Å². The lowest BCUT2D eigenvalue weighted by Crippen LogP contribution is -2.11. The molecule has 9 aromatic carbocycles. The molecule has 0 unspecified atom stereocenters. The fraction of sp³-hybridized carbons (Fsp3) is 0.215. The number of carbonyl (C=O) groups is 11. The minimum absolute atomic E-state index is 0.195. The number of ether oxygens (including phenoxy) is 15. The van der Waals surface area contributed by atoms with Crippen LogP contribution in [0.1, 0.15) is 152 Å². The molecule has 0 radical (unpaired) electrons. The zero-order valence-electron chi connectivity index (χ0n) is 66.4. The lowest BCUT2D eigenvalue weighted by molar-refractivity contribution is -0.138. The smallest absolute Gasteiger partial charge is 0.343 e. The fourth-order valence-electron chi connectivity index (χ4n) is 9.54. The van der Waals surface area contributed by atoms with E-state index in [-0.39, 0.29) is 83.4 Å². The van der Waals surface area contributed by atoms with Gasteiger partial charge in [-0.3, -0.25) is 0 Å². The monoisotopic (exact) mass is 1620 g/mol. The average molecular weight is 1630 g/mol. The second-order valence-corrected chi connectivity index (χ2v) is 24.0. The highest BCUT2D eigenvalue weighted by atomic mass is 16.6. The van der Waals surface area contributed by atoms with Crippen LogP contribution in [0.5, 0.6) is 63.2 Å². The molecule has 0 fully saturated rings. The van der Waals surface area contributed by atoms with Gasteiger partial charge in [-0.2, -0.15) is 0 Å². The lowest BCUT2D eigenvalue weighted by atomic mass is 10.2. The van der Waals surface area contributed by atoms with E-state index in [0.29, 0.717) is 123 Å². The Morgan fingerprint density at radius 1 is 0.193 bits per heavy atom. The average Bonchev–Trinajstić information content (AvgIpc) is 0.856. The number of esters is 11.